The highest BCUT2D eigenvalue weighted by molar-refractivity contribution is 5.71. The number of hydrogen-bond donors (Lipinski definition) is 0. The highest BCUT2D eigenvalue weighted by Gasteiger charge is 2.19. The minimum atomic E-state index is -0.822. The minimum Gasteiger partial charge on any atom is -0.462 e. The van der Waals surface area contributed by atoms with Crippen molar-refractivity contribution in [2.24, 2.45) is 0 Å². The van der Waals surface area contributed by atoms with Gasteiger partial charge in [0.25, 0.3) is 0 Å². The van der Waals surface area contributed by atoms with E-state index in [2.05, 4.69) is 106 Å². The summed E-state index contributed by atoms with van der Waals surface area (Å²) < 4.78 is 16.6. The summed E-state index contributed by atoms with van der Waals surface area (Å²) in [6, 6.07) is 0. The maximum Gasteiger partial charge on any atom is 0.306 e. The van der Waals surface area contributed by atoms with Crippen LogP contribution in [0.4, 0.5) is 0 Å². The summed E-state index contributed by atoms with van der Waals surface area (Å²) in [6.45, 7) is 6.39. The lowest BCUT2D eigenvalue weighted by Crippen LogP contribution is -2.30. The largest absolute Gasteiger partial charge is 0.462 e. The summed E-state index contributed by atoms with van der Waals surface area (Å²) in [7, 11) is 0. The molecule has 1 unspecified atom stereocenters. The fourth-order valence-corrected chi connectivity index (χ4v) is 6.43. The van der Waals surface area contributed by atoms with Crippen molar-refractivity contribution in [3.8, 4) is 0 Å². The van der Waals surface area contributed by atoms with Gasteiger partial charge in [0.2, 0.25) is 0 Å². The summed E-state index contributed by atoms with van der Waals surface area (Å²) in [5.74, 6) is -1.04. The van der Waals surface area contributed by atoms with Gasteiger partial charge in [0.15, 0.2) is 6.10 Å². The summed E-state index contributed by atoms with van der Waals surface area (Å²) in [4.78, 5) is 37.8. The zero-order chi connectivity index (χ0) is 43.7. The first kappa shape index (κ1) is 56.6. The van der Waals surface area contributed by atoms with Crippen LogP contribution in [0.5, 0.6) is 0 Å². The van der Waals surface area contributed by atoms with E-state index >= 15 is 0 Å². The number of unbranched alkanes of at least 4 members (excludes halogenated alkanes) is 19. The Bertz CT molecular complexity index is 1190. The molecule has 0 aromatic heterocycles. The maximum atomic E-state index is 12.7. The number of allylic oxidation sites excluding steroid dienone is 14. The molecule has 0 aliphatic rings. The Morgan fingerprint density at radius 2 is 0.717 bits per heavy atom. The second-order valence-electron chi connectivity index (χ2n) is 16.0. The van der Waals surface area contributed by atoms with Crippen LogP contribution in [0.2, 0.25) is 0 Å². The van der Waals surface area contributed by atoms with Gasteiger partial charge >= 0.3 is 17.9 Å². The first-order valence-corrected chi connectivity index (χ1v) is 24.6. The molecule has 0 saturated heterocycles. The zero-order valence-corrected chi connectivity index (χ0v) is 38.9. The lowest BCUT2D eigenvalue weighted by Gasteiger charge is -2.18. The molecule has 1 atom stereocenters. The van der Waals surface area contributed by atoms with E-state index in [1.165, 1.54) is 89.9 Å². The van der Waals surface area contributed by atoms with Gasteiger partial charge in [0.1, 0.15) is 13.2 Å². The first-order chi connectivity index (χ1) is 29.5. The van der Waals surface area contributed by atoms with Crippen molar-refractivity contribution in [1.29, 1.82) is 0 Å². The van der Waals surface area contributed by atoms with Crippen LogP contribution >= 0.6 is 0 Å². The minimum absolute atomic E-state index is 0.121. The molecule has 6 heteroatoms. The average molecular weight is 835 g/mol. The number of rotatable bonds is 43. The Kier molecular flexibility index (Phi) is 45.5. The molecule has 0 fully saturated rings. The van der Waals surface area contributed by atoms with Crippen LogP contribution in [0.25, 0.3) is 0 Å². The van der Waals surface area contributed by atoms with E-state index in [9.17, 15) is 14.4 Å². The zero-order valence-electron chi connectivity index (χ0n) is 38.9. The number of hydrogen-bond acceptors (Lipinski definition) is 6. The molecular weight excluding hydrogens is 745 g/mol. The third kappa shape index (κ3) is 45.7. The van der Waals surface area contributed by atoms with Crippen molar-refractivity contribution in [2.45, 2.75) is 226 Å². The van der Waals surface area contributed by atoms with Crippen molar-refractivity contribution in [1.82, 2.24) is 0 Å². The van der Waals surface area contributed by atoms with Gasteiger partial charge in [-0.3, -0.25) is 14.4 Å². The average Bonchev–Trinajstić information content (AvgIpc) is 3.24. The number of carbonyl (C=O) groups excluding carboxylic acids is 3. The van der Waals surface area contributed by atoms with Crippen LogP contribution in [0, 0.1) is 0 Å². The van der Waals surface area contributed by atoms with E-state index in [4.69, 9.17) is 14.2 Å². The van der Waals surface area contributed by atoms with Gasteiger partial charge < -0.3 is 14.2 Å². The van der Waals surface area contributed by atoms with Crippen molar-refractivity contribution in [3.63, 3.8) is 0 Å². The fourth-order valence-electron chi connectivity index (χ4n) is 6.43. The molecule has 0 aromatic rings. The molecule has 0 aliphatic carbocycles. The van der Waals surface area contributed by atoms with Crippen molar-refractivity contribution < 1.29 is 28.6 Å². The van der Waals surface area contributed by atoms with Crippen LogP contribution in [-0.4, -0.2) is 37.2 Å². The van der Waals surface area contributed by atoms with Gasteiger partial charge in [0, 0.05) is 19.3 Å². The summed E-state index contributed by atoms with van der Waals surface area (Å²) >= 11 is 0. The second kappa shape index (κ2) is 48.3. The Hall–Kier alpha value is -3.41. The molecular formula is C54H90O6. The highest BCUT2D eigenvalue weighted by Crippen LogP contribution is 2.12. The van der Waals surface area contributed by atoms with Crippen LogP contribution in [0.15, 0.2) is 85.1 Å². The van der Waals surface area contributed by atoms with E-state index in [1.807, 2.05) is 0 Å². The molecule has 342 valence electrons. The molecule has 6 nitrogen and oxygen atoms in total. The summed E-state index contributed by atoms with van der Waals surface area (Å²) in [5, 5.41) is 0. The predicted molar refractivity (Wildman–Crippen MR) is 256 cm³/mol. The van der Waals surface area contributed by atoms with Gasteiger partial charge in [-0.05, 0) is 103 Å². The number of esters is 3. The Labute approximate surface area is 369 Å². The lowest BCUT2D eigenvalue weighted by molar-refractivity contribution is -0.167. The number of carbonyl (C=O) groups is 3. The topological polar surface area (TPSA) is 78.9 Å². The molecule has 0 bridgehead atoms. The Morgan fingerprint density at radius 1 is 0.367 bits per heavy atom. The molecule has 0 aromatic carbocycles. The number of ether oxygens (including phenoxy) is 3. The van der Waals surface area contributed by atoms with E-state index in [0.717, 1.165) is 83.5 Å². The van der Waals surface area contributed by atoms with Gasteiger partial charge in [-0.2, -0.15) is 0 Å². The normalized spacial score (nSPS) is 12.8. The van der Waals surface area contributed by atoms with Gasteiger partial charge in [0.05, 0.1) is 0 Å². The molecule has 60 heavy (non-hydrogen) atoms. The molecule has 0 heterocycles. The Morgan fingerprint density at radius 3 is 1.22 bits per heavy atom. The molecule has 0 saturated carbocycles. The maximum absolute atomic E-state index is 12.7. The van der Waals surface area contributed by atoms with Gasteiger partial charge in [-0.1, -0.05) is 183 Å². The van der Waals surface area contributed by atoms with Gasteiger partial charge in [-0.15, -0.1) is 0 Å². The van der Waals surface area contributed by atoms with E-state index in [-0.39, 0.29) is 44.0 Å². The quantitative estimate of drug-likeness (QED) is 0.0200. The lowest BCUT2D eigenvalue weighted by atomic mass is 10.1. The predicted octanol–water partition coefficient (Wildman–Crippen LogP) is 16.0. The molecule has 0 amide bonds. The van der Waals surface area contributed by atoms with Crippen LogP contribution in [0.3, 0.4) is 0 Å². The SMILES string of the molecule is CC/C=C\C/C=C\CCCCC(=O)OCC(COC(=O)CCC/C=C\C/C=C\C/C=C\CCCCCCCC)OC(=O)CCCCC/C=C\C=C/CCCCCCCCC. The van der Waals surface area contributed by atoms with Crippen LogP contribution < -0.4 is 0 Å². The highest BCUT2D eigenvalue weighted by atomic mass is 16.6. The van der Waals surface area contributed by atoms with E-state index in [0.29, 0.717) is 12.8 Å². The third-order valence-electron chi connectivity index (χ3n) is 10.1. The summed E-state index contributed by atoms with van der Waals surface area (Å²) in [5.41, 5.74) is 0. The second-order valence-corrected chi connectivity index (χ2v) is 16.0. The molecule has 0 spiro atoms. The first-order valence-electron chi connectivity index (χ1n) is 24.6. The third-order valence-corrected chi connectivity index (χ3v) is 10.1. The van der Waals surface area contributed by atoms with Crippen molar-refractivity contribution >= 4 is 17.9 Å². The molecule has 0 radical (unpaired) electrons. The molecule has 0 N–H and O–H groups in total. The fraction of sp³-hybridized carbons (Fsp3) is 0.685. The summed E-state index contributed by atoms with van der Waals surface area (Å²) in [6.07, 6.45) is 61.6. The van der Waals surface area contributed by atoms with E-state index in [1.54, 1.807) is 0 Å². The van der Waals surface area contributed by atoms with Crippen LogP contribution in [-0.2, 0) is 28.6 Å². The van der Waals surface area contributed by atoms with E-state index < -0.39 is 6.10 Å². The van der Waals surface area contributed by atoms with Crippen molar-refractivity contribution in [2.75, 3.05) is 13.2 Å². The molecule has 0 aliphatic heterocycles. The monoisotopic (exact) mass is 835 g/mol. The van der Waals surface area contributed by atoms with Gasteiger partial charge in [-0.25, -0.2) is 0 Å². The standard InChI is InChI=1S/C54H90O6/c1-4-7-10-13-16-19-21-23-25-27-29-30-32-35-38-41-44-47-53(56)59-50-51(49-58-52(55)46-43-40-37-34-18-15-12-9-6-3)60-54(57)48-45-42-39-36-33-31-28-26-24-22-20-17-14-11-8-5-2/h9,12,18,23,25-26,28-31,33-35,38,51H,4-8,10-11,13-17,19-22,24,27,32,36-37,39-50H2,1-3H3/b12-9-,25-23-,28-26-,30-29-,33-31-,34-18-,38-35-. The Balaban J connectivity index is 4.49. The smallest absolute Gasteiger partial charge is 0.306 e. The van der Waals surface area contributed by atoms with Crippen molar-refractivity contribution in [3.05, 3.63) is 85.1 Å². The van der Waals surface area contributed by atoms with Crippen LogP contribution in [0.1, 0.15) is 220 Å². The molecule has 0 rings (SSSR count).